The predicted molar refractivity (Wildman–Crippen MR) is 104 cm³/mol. The van der Waals surface area contributed by atoms with Crippen molar-refractivity contribution < 1.29 is 15.0 Å². The van der Waals surface area contributed by atoms with Gasteiger partial charge in [0.05, 0.1) is 11.5 Å². The molecule has 1 heterocycles. The number of halogens is 1. The molecule has 1 saturated heterocycles. The first-order valence-electron chi connectivity index (χ1n) is 9.64. The maximum atomic E-state index is 10.5. The number of aliphatic hydroxyl groups is 1. The number of carboxylic acid groups (broad SMARTS) is 1. The summed E-state index contributed by atoms with van der Waals surface area (Å²) in [5.41, 5.74) is 0. The van der Waals surface area contributed by atoms with Crippen molar-refractivity contribution in [1.29, 1.82) is 0 Å². The normalized spacial score (nSPS) is 23.0. The highest BCUT2D eigenvalue weighted by Crippen LogP contribution is 2.25. The van der Waals surface area contributed by atoms with Gasteiger partial charge in [-0.25, -0.2) is 0 Å². The van der Waals surface area contributed by atoms with Crippen LogP contribution in [0.3, 0.4) is 0 Å². The summed E-state index contributed by atoms with van der Waals surface area (Å²) in [5.74, 6) is -0.736. The highest BCUT2D eigenvalue weighted by Gasteiger charge is 2.30. The molecule has 5 heteroatoms. The van der Waals surface area contributed by atoms with Gasteiger partial charge in [0.15, 0.2) is 0 Å². The molecule has 2 N–H and O–H groups in total. The van der Waals surface area contributed by atoms with Crippen LogP contribution in [0.2, 0.25) is 0 Å². The Morgan fingerprint density at radius 2 is 2.08 bits per heavy atom. The number of alkyl halides is 1. The van der Waals surface area contributed by atoms with Crippen molar-refractivity contribution in [2.45, 2.75) is 82.2 Å². The summed E-state index contributed by atoms with van der Waals surface area (Å²) < 4.78 is 0. The maximum Gasteiger partial charge on any atom is 0.303 e. The number of nitrogens with zero attached hydrogens (tertiary/aromatic N) is 1. The number of aliphatic hydroxyl groups excluding tert-OH is 1. The fourth-order valence-corrected chi connectivity index (χ4v) is 3.54. The minimum absolute atomic E-state index is 0.159. The Labute approximate surface area is 157 Å². The van der Waals surface area contributed by atoms with Crippen LogP contribution in [0.5, 0.6) is 0 Å². The van der Waals surface area contributed by atoms with Crippen LogP contribution in [0.1, 0.15) is 64.7 Å². The van der Waals surface area contributed by atoms with Crippen LogP contribution >= 0.6 is 11.6 Å². The lowest BCUT2D eigenvalue weighted by Crippen LogP contribution is -2.33. The van der Waals surface area contributed by atoms with Crippen molar-refractivity contribution >= 4 is 17.6 Å². The van der Waals surface area contributed by atoms with Gasteiger partial charge in [-0.1, -0.05) is 50.5 Å². The molecule has 0 saturated carbocycles. The molecule has 3 atom stereocenters. The highest BCUT2D eigenvalue weighted by atomic mass is 35.5. The summed E-state index contributed by atoms with van der Waals surface area (Å²) in [6.07, 6.45) is 15.7. The quantitative estimate of drug-likeness (QED) is 0.287. The molecule has 0 aliphatic carbocycles. The van der Waals surface area contributed by atoms with E-state index in [9.17, 15) is 9.90 Å². The van der Waals surface area contributed by atoms with Crippen molar-refractivity contribution in [3.8, 4) is 0 Å². The Morgan fingerprint density at radius 3 is 2.80 bits per heavy atom. The van der Waals surface area contributed by atoms with Crippen molar-refractivity contribution in [3.63, 3.8) is 0 Å². The molecule has 1 aliphatic heterocycles. The Balaban J connectivity index is 2.30. The number of likely N-dealkylation sites (tertiary alicyclic amines) is 1. The molecule has 1 fully saturated rings. The Morgan fingerprint density at radius 1 is 1.28 bits per heavy atom. The van der Waals surface area contributed by atoms with Gasteiger partial charge in [-0.2, -0.15) is 0 Å². The first-order valence-corrected chi connectivity index (χ1v) is 10.1. The first-order chi connectivity index (χ1) is 12.0. The van der Waals surface area contributed by atoms with E-state index in [0.29, 0.717) is 12.5 Å². The van der Waals surface area contributed by atoms with Crippen LogP contribution in [-0.2, 0) is 4.79 Å². The zero-order valence-electron chi connectivity index (χ0n) is 15.4. The van der Waals surface area contributed by atoms with E-state index < -0.39 is 5.97 Å². The number of unbranched alkanes of at least 4 members (excludes halogenated alkanes) is 3. The highest BCUT2D eigenvalue weighted by molar-refractivity contribution is 6.21. The van der Waals surface area contributed by atoms with Gasteiger partial charge in [0, 0.05) is 25.6 Å². The second-order valence-corrected chi connectivity index (χ2v) is 7.41. The van der Waals surface area contributed by atoms with E-state index in [0.717, 1.165) is 45.2 Å². The second kappa shape index (κ2) is 13.4. The van der Waals surface area contributed by atoms with E-state index in [1.54, 1.807) is 0 Å². The summed E-state index contributed by atoms with van der Waals surface area (Å²) in [6.45, 7) is 3.98. The van der Waals surface area contributed by atoms with Crippen LogP contribution in [0.25, 0.3) is 0 Å². The average molecular weight is 372 g/mol. The van der Waals surface area contributed by atoms with E-state index in [1.807, 2.05) is 6.08 Å². The molecule has 0 aromatic rings. The van der Waals surface area contributed by atoms with Gasteiger partial charge in [-0.3, -0.25) is 9.69 Å². The first kappa shape index (κ1) is 22.2. The lowest BCUT2D eigenvalue weighted by atomic mass is 10.1. The summed E-state index contributed by atoms with van der Waals surface area (Å²) in [7, 11) is 0. The SMILES string of the molecule is CCCCCC(O)/C=C/CN1CC[C@@H](Cl)C1CC=CCCCC(=O)O. The van der Waals surface area contributed by atoms with E-state index in [4.69, 9.17) is 16.7 Å². The van der Waals surface area contributed by atoms with E-state index in [2.05, 4.69) is 30.1 Å². The Kier molecular flexibility index (Phi) is 11.9. The minimum Gasteiger partial charge on any atom is -0.481 e. The van der Waals surface area contributed by atoms with Crippen molar-refractivity contribution in [2.75, 3.05) is 13.1 Å². The molecule has 0 aromatic heterocycles. The molecule has 25 heavy (non-hydrogen) atoms. The molecular weight excluding hydrogens is 338 g/mol. The summed E-state index contributed by atoms with van der Waals surface area (Å²) in [4.78, 5) is 12.8. The van der Waals surface area contributed by atoms with Crippen LogP contribution in [-0.4, -0.2) is 51.7 Å². The number of hydrogen-bond acceptors (Lipinski definition) is 3. The lowest BCUT2D eigenvalue weighted by Gasteiger charge is -2.23. The molecule has 0 radical (unpaired) electrons. The monoisotopic (exact) mass is 371 g/mol. The largest absolute Gasteiger partial charge is 0.481 e. The summed E-state index contributed by atoms with van der Waals surface area (Å²) >= 11 is 6.45. The zero-order chi connectivity index (χ0) is 18.5. The minimum atomic E-state index is -0.736. The Bertz CT molecular complexity index is 425. The van der Waals surface area contributed by atoms with Crippen LogP contribution in [0, 0.1) is 0 Å². The van der Waals surface area contributed by atoms with Crippen LogP contribution in [0.15, 0.2) is 24.3 Å². The van der Waals surface area contributed by atoms with E-state index >= 15 is 0 Å². The van der Waals surface area contributed by atoms with Gasteiger partial charge in [-0.15, -0.1) is 11.6 Å². The van der Waals surface area contributed by atoms with Crippen molar-refractivity contribution in [3.05, 3.63) is 24.3 Å². The fourth-order valence-electron chi connectivity index (χ4n) is 3.18. The van der Waals surface area contributed by atoms with Gasteiger partial charge in [0.2, 0.25) is 0 Å². The predicted octanol–water partition coefficient (Wildman–Crippen LogP) is 4.37. The molecule has 0 aromatic carbocycles. The summed E-state index contributed by atoms with van der Waals surface area (Å²) in [5, 5.41) is 18.7. The molecule has 4 nitrogen and oxygen atoms in total. The van der Waals surface area contributed by atoms with Crippen molar-refractivity contribution in [1.82, 2.24) is 4.90 Å². The molecule has 0 spiro atoms. The molecule has 0 amide bonds. The van der Waals surface area contributed by atoms with Crippen LogP contribution < -0.4 is 0 Å². The smallest absolute Gasteiger partial charge is 0.303 e. The fraction of sp³-hybridized carbons (Fsp3) is 0.750. The zero-order valence-corrected chi connectivity index (χ0v) is 16.2. The molecule has 1 rings (SSSR count). The topological polar surface area (TPSA) is 60.8 Å². The second-order valence-electron chi connectivity index (χ2n) is 6.85. The molecule has 2 unspecified atom stereocenters. The number of carbonyl (C=O) groups is 1. The molecule has 0 bridgehead atoms. The number of rotatable bonds is 13. The Hall–Kier alpha value is -0.840. The number of hydrogen-bond donors (Lipinski definition) is 2. The van der Waals surface area contributed by atoms with Crippen molar-refractivity contribution in [2.24, 2.45) is 0 Å². The summed E-state index contributed by atoms with van der Waals surface area (Å²) in [6, 6.07) is 0.319. The molecule has 1 aliphatic rings. The third-order valence-electron chi connectivity index (χ3n) is 4.69. The molecular formula is C20H34ClNO3. The van der Waals surface area contributed by atoms with Crippen LogP contribution in [0.4, 0.5) is 0 Å². The lowest BCUT2D eigenvalue weighted by molar-refractivity contribution is -0.137. The average Bonchev–Trinajstić information content (AvgIpc) is 2.91. The van der Waals surface area contributed by atoms with Gasteiger partial charge in [0.25, 0.3) is 0 Å². The maximum absolute atomic E-state index is 10.5. The number of allylic oxidation sites excluding steroid dienone is 1. The molecule has 144 valence electrons. The number of carboxylic acids is 1. The standard InChI is InChI=1S/C20H34ClNO3/c1-2-3-6-10-17(23)11-9-15-22-16-14-18(21)19(22)12-7-4-5-8-13-20(24)25/h4,7,9,11,17-19,23H,2-3,5-6,8,10,12-16H2,1H3,(H,24,25)/b7-4?,11-9+/t17?,18-,19?/m1/s1. The van der Waals surface area contributed by atoms with Gasteiger partial charge in [-0.05, 0) is 32.1 Å². The van der Waals surface area contributed by atoms with Gasteiger partial charge < -0.3 is 10.2 Å². The third kappa shape index (κ3) is 10.0. The number of aliphatic carboxylic acids is 1. The van der Waals surface area contributed by atoms with Gasteiger partial charge in [0.1, 0.15) is 0 Å². The van der Waals surface area contributed by atoms with E-state index in [1.165, 1.54) is 12.8 Å². The third-order valence-corrected chi connectivity index (χ3v) is 5.19. The van der Waals surface area contributed by atoms with E-state index in [-0.39, 0.29) is 17.9 Å². The van der Waals surface area contributed by atoms with Gasteiger partial charge >= 0.3 is 5.97 Å².